The van der Waals surface area contributed by atoms with Crippen LogP contribution in [0.15, 0.2) is 42.5 Å². The molecule has 0 saturated carbocycles. The highest BCUT2D eigenvalue weighted by atomic mass is 19.1. The molecule has 0 spiro atoms. The molecular weight excluding hydrogens is 258 g/mol. The lowest BCUT2D eigenvalue weighted by Crippen LogP contribution is -2.19. The minimum absolute atomic E-state index is 0.293. The van der Waals surface area contributed by atoms with E-state index < -0.39 is 11.6 Å². The van der Waals surface area contributed by atoms with Crippen molar-refractivity contribution >= 4 is 0 Å². The van der Waals surface area contributed by atoms with Crippen molar-refractivity contribution < 1.29 is 8.78 Å². The monoisotopic (exact) mass is 272 g/mol. The standard InChI is InChI=1S/C16H14F2N2/c1-11(15-8-14(17)5-6-16(15)18)20-10-13-4-2-3-12(7-13)9-19/h2-8,11,20H,10H2,1H3. The largest absolute Gasteiger partial charge is 0.306 e. The zero-order valence-electron chi connectivity index (χ0n) is 11.0. The Morgan fingerprint density at radius 2 is 2.00 bits per heavy atom. The van der Waals surface area contributed by atoms with Crippen LogP contribution in [0.3, 0.4) is 0 Å². The van der Waals surface area contributed by atoms with E-state index in [0.717, 1.165) is 17.7 Å². The molecule has 4 heteroatoms. The number of hydrogen-bond donors (Lipinski definition) is 1. The highest BCUT2D eigenvalue weighted by molar-refractivity contribution is 5.32. The van der Waals surface area contributed by atoms with Crippen LogP contribution in [-0.2, 0) is 6.54 Å². The van der Waals surface area contributed by atoms with Gasteiger partial charge in [-0.25, -0.2) is 8.78 Å². The number of hydrogen-bond acceptors (Lipinski definition) is 2. The molecule has 1 N–H and O–H groups in total. The molecule has 0 bridgehead atoms. The molecule has 2 nitrogen and oxygen atoms in total. The Hall–Kier alpha value is -2.25. The van der Waals surface area contributed by atoms with E-state index in [2.05, 4.69) is 11.4 Å². The number of nitrogens with zero attached hydrogens (tertiary/aromatic N) is 1. The average molecular weight is 272 g/mol. The third kappa shape index (κ3) is 3.40. The molecule has 2 rings (SSSR count). The Kier molecular flexibility index (Phi) is 4.44. The fourth-order valence-electron chi connectivity index (χ4n) is 1.98. The third-order valence-electron chi connectivity index (χ3n) is 3.09. The fraction of sp³-hybridized carbons (Fsp3) is 0.188. The summed E-state index contributed by atoms with van der Waals surface area (Å²) in [5, 5.41) is 11.9. The maximum absolute atomic E-state index is 13.6. The van der Waals surface area contributed by atoms with Gasteiger partial charge >= 0.3 is 0 Å². The van der Waals surface area contributed by atoms with Crippen LogP contribution in [0.4, 0.5) is 8.78 Å². The smallest absolute Gasteiger partial charge is 0.128 e. The lowest BCUT2D eigenvalue weighted by molar-refractivity contribution is 0.518. The van der Waals surface area contributed by atoms with Crippen LogP contribution in [0, 0.1) is 23.0 Å². The van der Waals surface area contributed by atoms with Crippen LogP contribution >= 0.6 is 0 Å². The molecule has 0 heterocycles. The normalized spacial score (nSPS) is 11.9. The quantitative estimate of drug-likeness (QED) is 0.921. The Morgan fingerprint density at radius 1 is 1.20 bits per heavy atom. The summed E-state index contributed by atoms with van der Waals surface area (Å²) in [4.78, 5) is 0. The van der Waals surface area contributed by atoms with E-state index >= 15 is 0 Å². The first-order valence-electron chi connectivity index (χ1n) is 6.27. The molecule has 1 atom stereocenters. The summed E-state index contributed by atoms with van der Waals surface area (Å²) in [6.45, 7) is 2.25. The van der Waals surface area contributed by atoms with Gasteiger partial charge in [0.15, 0.2) is 0 Å². The first-order valence-corrected chi connectivity index (χ1v) is 6.27. The first-order chi connectivity index (χ1) is 9.60. The van der Waals surface area contributed by atoms with Crippen LogP contribution in [0.2, 0.25) is 0 Å². The van der Waals surface area contributed by atoms with E-state index in [1.165, 1.54) is 6.07 Å². The van der Waals surface area contributed by atoms with Crippen molar-refractivity contribution in [2.45, 2.75) is 19.5 Å². The van der Waals surface area contributed by atoms with Gasteiger partial charge in [0.1, 0.15) is 11.6 Å². The molecule has 1 unspecified atom stereocenters. The summed E-state index contributed by atoms with van der Waals surface area (Å²) < 4.78 is 26.8. The van der Waals surface area contributed by atoms with Crippen molar-refractivity contribution in [3.05, 3.63) is 70.8 Å². The molecule has 20 heavy (non-hydrogen) atoms. The Bertz CT molecular complexity index is 647. The highest BCUT2D eigenvalue weighted by Gasteiger charge is 2.11. The molecular formula is C16H14F2N2. The van der Waals surface area contributed by atoms with E-state index in [9.17, 15) is 8.78 Å². The molecule has 0 aliphatic rings. The Balaban J connectivity index is 2.06. The van der Waals surface area contributed by atoms with Gasteiger partial charge in [0.05, 0.1) is 11.6 Å². The molecule has 0 aliphatic carbocycles. The maximum Gasteiger partial charge on any atom is 0.128 e. The number of benzene rings is 2. The van der Waals surface area contributed by atoms with Gasteiger partial charge in [0.25, 0.3) is 0 Å². The van der Waals surface area contributed by atoms with E-state index in [0.29, 0.717) is 17.7 Å². The number of nitrogens with one attached hydrogen (secondary N) is 1. The van der Waals surface area contributed by atoms with Gasteiger partial charge in [-0.1, -0.05) is 12.1 Å². The second kappa shape index (κ2) is 6.27. The summed E-state index contributed by atoms with van der Waals surface area (Å²) in [5.41, 5.74) is 1.79. The molecule has 2 aromatic carbocycles. The minimum Gasteiger partial charge on any atom is -0.306 e. The van der Waals surface area contributed by atoms with Crippen LogP contribution in [-0.4, -0.2) is 0 Å². The van der Waals surface area contributed by atoms with Crippen molar-refractivity contribution in [1.29, 1.82) is 5.26 Å². The second-order valence-corrected chi connectivity index (χ2v) is 4.58. The minimum atomic E-state index is -0.457. The summed E-state index contributed by atoms with van der Waals surface area (Å²) >= 11 is 0. The van der Waals surface area contributed by atoms with Crippen molar-refractivity contribution in [2.24, 2.45) is 0 Å². The van der Waals surface area contributed by atoms with Crippen LogP contribution in [0.1, 0.15) is 29.7 Å². The summed E-state index contributed by atoms with van der Waals surface area (Å²) in [6, 6.07) is 12.3. The van der Waals surface area contributed by atoms with Crippen LogP contribution in [0.5, 0.6) is 0 Å². The molecule has 0 saturated heterocycles. The van der Waals surface area contributed by atoms with Crippen molar-refractivity contribution in [3.63, 3.8) is 0 Å². The number of rotatable bonds is 4. The lowest BCUT2D eigenvalue weighted by Gasteiger charge is -2.15. The molecule has 0 radical (unpaired) electrons. The Labute approximate surface area is 116 Å². The van der Waals surface area contributed by atoms with Crippen LogP contribution < -0.4 is 5.32 Å². The van der Waals surface area contributed by atoms with E-state index in [1.807, 2.05) is 6.07 Å². The van der Waals surface area contributed by atoms with Gasteiger partial charge < -0.3 is 5.32 Å². The third-order valence-corrected chi connectivity index (χ3v) is 3.09. The summed E-state index contributed by atoms with van der Waals surface area (Å²) in [5.74, 6) is -0.890. The maximum atomic E-state index is 13.6. The average Bonchev–Trinajstić information content (AvgIpc) is 2.47. The SMILES string of the molecule is CC(NCc1cccc(C#N)c1)c1cc(F)ccc1F. The fourth-order valence-corrected chi connectivity index (χ4v) is 1.98. The predicted octanol–water partition coefficient (Wildman–Crippen LogP) is 3.69. The lowest BCUT2D eigenvalue weighted by atomic mass is 10.1. The van der Waals surface area contributed by atoms with Crippen LogP contribution in [0.25, 0.3) is 0 Å². The Morgan fingerprint density at radius 3 is 2.75 bits per heavy atom. The van der Waals surface area contributed by atoms with Gasteiger partial charge in [-0.15, -0.1) is 0 Å². The van der Waals surface area contributed by atoms with Gasteiger partial charge in [0.2, 0.25) is 0 Å². The second-order valence-electron chi connectivity index (χ2n) is 4.58. The number of nitriles is 1. The first kappa shape index (κ1) is 14.2. The molecule has 0 amide bonds. The zero-order chi connectivity index (χ0) is 14.5. The van der Waals surface area contributed by atoms with Gasteiger partial charge in [-0.3, -0.25) is 0 Å². The van der Waals surface area contributed by atoms with Crippen molar-refractivity contribution in [1.82, 2.24) is 5.32 Å². The van der Waals surface area contributed by atoms with Crippen molar-refractivity contribution in [2.75, 3.05) is 0 Å². The molecule has 0 aromatic heterocycles. The topological polar surface area (TPSA) is 35.8 Å². The summed E-state index contributed by atoms with van der Waals surface area (Å²) in [6.07, 6.45) is 0. The highest BCUT2D eigenvalue weighted by Crippen LogP contribution is 2.18. The summed E-state index contributed by atoms with van der Waals surface area (Å²) in [7, 11) is 0. The van der Waals surface area contributed by atoms with E-state index in [4.69, 9.17) is 5.26 Å². The van der Waals surface area contributed by atoms with Gasteiger partial charge in [-0.05, 0) is 42.8 Å². The van der Waals surface area contributed by atoms with Crippen molar-refractivity contribution in [3.8, 4) is 6.07 Å². The number of halogens is 2. The molecule has 102 valence electrons. The van der Waals surface area contributed by atoms with Gasteiger partial charge in [0, 0.05) is 18.2 Å². The predicted molar refractivity (Wildman–Crippen MR) is 72.8 cm³/mol. The van der Waals surface area contributed by atoms with E-state index in [-0.39, 0.29) is 6.04 Å². The molecule has 0 aliphatic heterocycles. The molecule has 2 aromatic rings. The van der Waals surface area contributed by atoms with E-state index in [1.54, 1.807) is 25.1 Å². The molecule has 0 fully saturated rings. The van der Waals surface area contributed by atoms with Gasteiger partial charge in [-0.2, -0.15) is 5.26 Å². The zero-order valence-corrected chi connectivity index (χ0v) is 11.0.